The topological polar surface area (TPSA) is 60.4 Å². The number of rotatable bonds is 2. The van der Waals surface area contributed by atoms with Crippen molar-refractivity contribution in [1.82, 2.24) is 0 Å². The minimum Gasteiger partial charge on any atom is -0.465 e. The van der Waals surface area contributed by atoms with Crippen LogP contribution < -0.4 is 0 Å². The maximum Gasteiger partial charge on any atom is 0.337 e. The number of carbonyl (C=O) groups excluding carboxylic acids is 1. The molecule has 0 saturated heterocycles. The van der Waals surface area contributed by atoms with Crippen molar-refractivity contribution in [3.8, 4) is 0 Å². The van der Waals surface area contributed by atoms with Gasteiger partial charge in [-0.25, -0.2) is 9.18 Å². The molecule has 0 amide bonds. The zero-order valence-corrected chi connectivity index (χ0v) is 9.27. The molecule has 0 radical (unpaired) electrons. The normalized spacial score (nSPS) is 11.2. The van der Waals surface area contributed by atoms with Gasteiger partial charge in [-0.1, -0.05) is 0 Å². The average molecular weight is 250 g/mol. The minimum absolute atomic E-state index is 0.359. The Labute approximate surface area is 91.1 Å². The number of benzene rings is 1. The quantitative estimate of drug-likeness (QED) is 0.590. The predicted molar refractivity (Wildman–Crippen MR) is 50.8 cm³/mol. The molecule has 1 rings (SSSR count). The maximum atomic E-state index is 13.2. The van der Waals surface area contributed by atoms with Gasteiger partial charge in [0.05, 0.1) is 12.7 Å². The van der Waals surface area contributed by atoms with Crippen LogP contribution in [0.2, 0.25) is 0 Å². The molecule has 1 aromatic carbocycles. The highest BCUT2D eigenvalue weighted by Crippen LogP contribution is 2.22. The SMILES string of the molecule is COC(=O)c1cc(F)c(C)c(S(=O)(=O)F)c1. The second-order valence-corrected chi connectivity index (χ2v) is 4.33. The molecule has 0 aliphatic rings. The summed E-state index contributed by atoms with van der Waals surface area (Å²) in [6.07, 6.45) is 0. The number of methoxy groups -OCH3 is 1. The Hall–Kier alpha value is -1.50. The van der Waals surface area contributed by atoms with Crippen LogP contribution in [0.25, 0.3) is 0 Å². The third-order valence-electron chi connectivity index (χ3n) is 1.98. The molecule has 4 nitrogen and oxygen atoms in total. The Bertz CT molecular complexity index is 537. The molecular weight excluding hydrogens is 242 g/mol. The van der Waals surface area contributed by atoms with Crippen LogP contribution >= 0.6 is 0 Å². The minimum atomic E-state index is -5.07. The second-order valence-electron chi connectivity index (χ2n) is 3.01. The van der Waals surface area contributed by atoms with E-state index in [9.17, 15) is 21.5 Å². The van der Waals surface area contributed by atoms with Crippen LogP contribution in [0.1, 0.15) is 15.9 Å². The third kappa shape index (κ3) is 2.35. The van der Waals surface area contributed by atoms with E-state index < -0.39 is 26.9 Å². The fourth-order valence-electron chi connectivity index (χ4n) is 1.14. The molecule has 88 valence electrons. The largest absolute Gasteiger partial charge is 0.465 e. The summed E-state index contributed by atoms with van der Waals surface area (Å²) in [5.41, 5.74) is -0.739. The van der Waals surface area contributed by atoms with E-state index in [1.54, 1.807) is 0 Å². The summed E-state index contributed by atoms with van der Waals surface area (Å²) < 4.78 is 51.6. The van der Waals surface area contributed by atoms with Gasteiger partial charge in [0, 0.05) is 5.56 Å². The molecule has 0 bridgehead atoms. The van der Waals surface area contributed by atoms with Gasteiger partial charge in [-0.15, -0.1) is 3.89 Å². The summed E-state index contributed by atoms with van der Waals surface area (Å²) in [7, 11) is -4.02. The van der Waals surface area contributed by atoms with E-state index in [1.165, 1.54) is 0 Å². The van der Waals surface area contributed by atoms with Crippen LogP contribution in [0.5, 0.6) is 0 Å². The van der Waals surface area contributed by atoms with Gasteiger partial charge in [0.2, 0.25) is 0 Å². The van der Waals surface area contributed by atoms with Crippen molar-refractivity contribution in [1.29, 1.82) is 0 Å². The van der Waals surface area contributed by atoms with Crippen molar-refractivity contribution in [3.05, 3.63) is 29.1 Å². The molecule has 0 aromatic heterocycles. The molecule has 0 unspecified atom stereocenters. The number of hydrogen-bond acceptors (Lipinski definition) is 4. The van der Waals surface area contributed by atoms with Gasteiger partial charge in [0.15, 0.2) is 0 Å². The standard InChI is InChI=1S/C9H8F2O4S/c1-5-7(10)3-6(9(12)15-2)4-8(5)16(11,13)14/h3-4H,1-2H3. The summed E-state index contributed by atoms with van der Waals surface area (Å²) >= 11 is 0. The summed E-state index contributed by atoms with van der Waals surface area (Å²) in [6.45, 7) is 1.10. The molecule has 0 N–H and O–H groups in total. The van der Waals surface area contributed by atoms with Gasteiger partial charge >= 0.3 is 16.2 Å². The first-order valence-electron chi connectivity index (χ1n) is 4.10. The van der Waals surface area contributed by atoms with Gasteiger partial charge in [-0.05, 0) is 19.1 Å². The van der Waals surface area contributed by atoms with Crippen molar-refractivity contribution in [2.24, 2.45) is 0 Å². The molecule has 0 spiro atoms. The number of halogens is 2. The monoisotopic (exact) mass is 250 g/mol. The Balaban J connectivity index is 3.52. The molecule has 0 fully saturated rings. The first kappa shape index (κ1) is 12.6. The molecule has 0 atom stereocenters. The highest BCUT2D eigenvalue weighted by molar-refractivity contribution is 7.86. The number of esters is 1. The van der Waals surface area contributed by atoms with E-state index in [4.69, 9.17) is 0 Å². The van der Waals surface area contributed by atoms with Gasteiger partial charge in [0.25, 0.3) is 0 Å². The molecule has 16 heavy (non-hydrogen) atoms. The van der Waals surface area contributed by atoms with E-state index in [-0.39, 0.29) is 11.1 Å². The Kier molecular flexibility index (Phi) is 3.27. The summed E-state index contributed by atoms with van der Waals surface area (Å²) in [6, 6.07) is 1.52. The lowest BCUT2D eigenvalue weighted by molar-refractivity contribution is 0.0600. The Morgan fingerprint density at radius 2 is 1.94 bits per heavy atom. The van der Waals surface area contributed by atoms with E-state index in [0.717, 1.165) is 26.2 Å². The molecule has 0 aliphatic carbocycles. The zero-order valence-electron chi connectivity index (χ0n) is 8.45. The number of carbonyl (C=O) groups is 1. The van der Waals surface area contributed by atoms with Crippen LogP contribution in [0.3, 0.4) is 0 Å². The lowest BCUT2D eigenvalue weighted by Crippen LogP contribution is -2.06. The van der Waals surface area contributed by atoms with Crippen LogP contribution in [-0.2, 0) is 15.0 Å². The van der Waals surface area contributed by atoms with E-state index >= 15 is 0 Å². The lowest BCUT2D eigenvalue weighted by Gasteiger charge is -2.05. The molecule has 0 saturated carbocycles. The van der Waals surface area contributed by atoms with Gasteiger partial charge in [-0.2, -0.15) is 8.42 Å². The van der Waals surface area contributed by atoms with Crippen LogP contribution in [0, 0.1) is 12.7 Å². The zero-order chi connectivity index (χ0) is 12.5. The number of ether oxygens (including phenoxy) is 1. The second kappa shape index (κ2) is 4.17. The van der Waals surface area contributed by atoms with Crippen LogP contribution in [0.15, 0.2) is 17.0 Å². The fraction of sp³-hybridized carbons (Fsp3) is 0.222. The van der Waals surface area contributed by atoms with Crippen LogP contribution in [-0.4, -0.2) is 21.5 Å². The molecule has 7 heteroatoms. The van der Waals surface area contributed by atoms with Crippen molar-refractivity contribution in [2.45, 2.75) is 11.8 Å². The van der Waals surface area contributed by atoms with Crippen molar-refractivity contribution in [2.75, 3.05) is 7.11 Å². The fourth-order valence-corrected chi connectivity index (χ4v) is 1.87. The summed E-state index contributed by atoms with van der Waals surface area (Å²) in [4.78, 5) is 10.2. The van der Waals surface area contributed by atoms with Gasteiger partial charge < -0.3 is 4.74 Å². The highest BCUT2D eigenvalue weighted by Gasteiger charge is 2.21. The lowest BCUT2D eigenvalue weighted by atomic mass is 10.1. The molecule has 0 aliphatic heterocycles. The average Bonchev–Trinajstić information content (AvgIpc) is 2.18. The maximum absolute atomic E-state index is 13.2. The predicted octanol–water partition coefficient (Wildman–Crippen LogP) is 1.58. The van der Waals surface area contributed by atoms with Gasteiger partial charge in [0.1, 0.15) is 10.7 Å². The van der Waals surface area contributed by atoms with E-state index in [2.05, 4.69) is 4.74 Å². The Morgan fingerprint density at radius 3 is 2.38 bits per heavy atom. The van der Waals surface area contributed by atoms with E-state index in [0.29, 0.717) is 0 Å². The first-order chi connectivity index (χ1) is 7.27. The Morgan fingerprint density at radius 1 is 1.38 bits per heavy atom. The molecular formula is C9H8F2O4S. The van der Waals surface area contributed by atoms with Crippen molar-refractivity contribution < 1.29 is 26.2 Å². The highest BCUT2D eigenvalue weighted by atomic mass is 32.3. The van der Waals surface area contributed by atoms with Gasteiger partial charge in [-0.3, -0.25) is 0 Å². The van der Waals surface area contributed by atoms with Crippen molar-refractivity contribution >= 4 is 16.2 Å². The molecule has 1 aromatic rings. The number of hydrogen-bond donors (Lipinski definition) is 0. The summed E-state index contributed by atoms with van der Waals surface area (Å²) in [5.74, 6) is -1.93. The summed E-state index contributed by atoms with van der Waals surface area (Å²) in [5, 5.41) is 0. The van der Waals surface area contributed by atoms with Crippen LogP contribution in [0.4, 0.5) is 8.28 Å². The van der Waals surface area contributed by atoms with E-state index in [1.807, 2.05) is 0 Å². The molecule has 0 heterocycles. The smallest absolute Gasteiger partial charge is 0.337 e. The van der Waals surface area contributed by atoms with Crippen molar-refractivity contribution in [3.63, 3.8) is 0 Å². The third-order valence-corrected chi connectivity index (χ3v) is 2.93. The first-order valence-corrected chi connectivity index (χ1v) is 5.49.